The number of hydrogen-bond donors (Lipinski definition) is 2. The normalized spacial score (nSPS) is 23.6. The number of halogens is 1. The minimum Gasteiger partial charge on any atom is -0.391 e. The summed E-state index contributed by atoms with van der Waals surface area (Å²) in [5, 5.41) is 23.2. The van der Waals surface area contributed by atoms with Gasteiger partial charge in [-0.25, -0.2) is 4.39 Å². The molecule has 1 aromatic rings. The van der Waals surface area contributed by atoms with Gasteiger partial charge in [-0.1, -0.05) is 0 Å². The first-order chi connectivity index (χ1) is 8.08. The van der Waals surface area contributed by atoms with Crippen LogP contribution in [0.25, 0.3) is 0 Å². The number of benzene rings is 1. The van der Waals surface area contributed by atoms with Crippen LogP contribution in [0.1, 0.15) is 19.3 Å². The van der Waals surface area contributed by atoms with Crippen molar-refractivity contribution < 1.29 is 14.4 Å². The SMILES string of the molecule is O=[N+]([O-])c1ccc(F)cc1N[C@@H]1CCC[C@@H]1O. The number of nitrogens with one attached hydrogen (secondary N) is 1. The third-order valence-electron chi connectivity index (χ3n) is 2.98. The zero-order valence-corrected chi connectivity index (χ0v) is 9.10. The summed E-state index contributed by atoms with van der Waals surface area (Å²) in [6.07, 6.45) is 1.73. The Labute approximate surface area is 97.4 Å². The van der Waals surface area contributed by atoms with E-state index in [4.69, 9.17) is 0 Å². The lowest BCUT2D eigenvalue weighted by Crippen LogP contribution is -2.28. The lowest BCUT2D eigenvalue weighted by atomic mass is 10.2. The summed E-state index contributed by atoms with van der Waals surface area (Å²) in [5.41, 5.74) is -0.0496. The van der Waals surface area contributed by atoms with E-state index in [2.05, 4.69) is 5.32 Å². The van der Waals surface area contributed by atoms with E-state index in [9.17, 15) is 19.6 Å². The number of aliphatic hydroxyl groups excluding tert-OH is 1. The van der Waals surface area contributed by atoms with E-state index in [1.54, 1.807) is 0 Å². The van der Waals surface area contributed by atoms with Crippen molar-refractivity contribution in [3.63, 3.8) is 0 Å². The Bertz CT molecular complexity index is 439. The molecule has 0 bridgehead atoms. The van der Waals surface area contributed by atoms with Crippen molar-refractivity contribution in [2.24, 2.45) is 0 Å². The highest BCUT2D eigenvalue weighted by Gasteiger charge is 2.27. The molecule has 0 saturated heterocycles. The maximum absolute atomic E-state index is 13.1. The summed E-state index contributed by atoms with van der Waals surface area (Å²) in [6.45, 7) is 0. The van der Waals surface area contributed by atoms with Crippen LogP contribution in [-0.2, 0) is 0 Å². The van der Waals surface area contributed by atoms with Gasteiger partial charge in [0.1, 0.15) is 11.5 Å². The molecule has 1 aliphatic rings. The van der Waals surface area contributed by atoms with Crippen LogP contribution in [0.2, 0.25) is 0 Å². The maximum Gasteiger partial charge on any atom is 0.292 e. The fourth-order valence-electron chi connectivity index (χ4n) is 2.09. The van der Waals surface area contributed by atoms with Crippen LogP contribution >= 0.6 is 0 Å². The van der Waals surface area contributed by atoms with Gasteiger partial charge in [0.05, 0.1) is 17.1 Å². The fourth-order valence-corrected chi connectivity index (χ4v) is 2.09. The van der Waals surface area contributed by atoms with Gasteiger partial charge in [-0.3, -0.25) is 10.1 Å². The molecule has 2 N–H and O–H groups in total. The second kappa shape index (κ2) is 4.67. The molecule has 1 aromatic carbocycles. The molecule has 1 aliphatic carbocycles. The van der Waals surface area contributed by atoms with Crippen LogP contribution in [0.15, 0.2) is 18.2 Å². The Morgan fingerprint density at radius 3 is 2.82 bits per heavy atom. The third kappa shape index (κ3) is 2.52. The molecule has 92 valence electrons. The number of aliphatic hydroxyl groups is 1. The molecule has 0 heterocycles. The Morgan fingerprint density at radius 1 is 1.47 bits per heavy atom. The smallest absolute Gasteiger partial charge is 0.292 e. The monoisotopic (exact) mass is 240 g/mol. The Balaban J connectivity index is 2.24. The lowest BCUT2D eigenvalue weighted by molar-refractivity contribution is -0.384. The van der Waals surface area contributed by atoms with Gasteiger partial charge in [-0.15, -0.1) is 0 Å². The molecule has 6 heteroatoms. The standard InChI is InChI=1S/C11H13FN2O3/c12-7-4-5-10(14(16)17)9(6-7)13-8-2-1-3-11(8)15/h4-6,8,11,13,15H,1-3H2/t8-,11+/m1/s1. The molecule has 2 rings (SSSR count). The molecule has 0 radical (unpaired) electrons. The summed E-state index contributed by atoms with van der Waals surface area (Å²) in [6, 6.07) is 3.02. The first kappa shape index (κ1) is 11.8. The van der Waals surface area contributed by atoms with E-state index in [0.29, 0.717) is 6.42 Å². The molecule has 1 saturated carbocycles. The predicted molar refractivity (Wildman–Crippen MR) is 60.3 cm³/mol. The van der Waals surface area contributed by atoms with Gasteiger partial charge < -0.3 is 10.4 Å². The minimum atomic E-state index is -0.566. The molecule has 0 amide bonds. The highest BCUT2D eigenvalue weighted by Crippen LogP contribution is 2.29. The van der Waals surface area contributed by atoms with Gasteiger partial charge in [-0.2, -0.15) is 0 Å². The van der Waals surface area contributed by atoms with Gasteiger partial charge in [0.2, 0.25) is 0 Å². The third-order valence-corrected chi connectivity index (χ3v) is 2.98. The second-order valence-corrected chi connectivity index (χ2v) is 4.17. The van der Waals surface area contributed by atoms with Crippen LogP contribution in [0, 0.1) is 15.9 Å². The number of nitro benzene ring substituents is 1. The molecule has 0 aliphatic heterocycles. The quantitative estimate of drug-likeness (QED) is 0.626. The summed E-state index contributed by atoms with van der Waals surface area (Å²) >= 11 is 0. The molecule has 0 aromatic heterocycles. The Hall–Kier alpha value is -1.69. The average molecular weight is 240 g/mol. The van der Waals surface area contributed by atoms with E-state index in [0.717, 1.165) is 31.0 Å². The number of nitro groups is 1. The van der Waals surface area contributed by atoms with E-state index in [1.807, 2.05) is 0 Å². The van der Waals surface area contributed by atoms with Crippen LogP contribution in [-0.4, -0.2) is 22.2 Å². The number of hydrogen-bond acceptors (Lipinski definition) is 4. The van der Waals surface area contributed by atoms with Gasteiger partial charge in [-0.05, 0) is 25.3 Å². The molecule has 0 spiro atoms. The van der Waals surface area contributed by atoms with Crippen molar-refractivity contribution in [2.75, 3.05) is 5.32 Å². The molecule has 2 atom stereocenters. The first-order valence-corrected chi connectivity index (χ1v) is 5.46. The predicted octanol–water partition coefficient (Wildman–Crippen LogP) is 2.06. The van der Waals surface area contributed by atoms with Crippen LogP contribution in [0.3, 0.4) is 0 Å². The second-order valence-electron chi connectivity index (χ2n) is 4.17. The van der Waals surface area contributed by atoms with E-state index >= 15 is 0 Å². The van der Waals surface area contributed by atoms with Crippen molar-refractivity contribution in [3.05, 3.63) is 34.1 Å². The van der Waals surface area contributed by atoms with E-state index in [-0.39, 0.29) is 17.4 Å². The topological polar surface area (TPSA) is 75.4 Å². The van der Waals surface area contributed by atoms with Crippen molar-refractivity contribution >= 4 is 11.4 Å². The van der Waals surface area contributed by atoms with Gasteiger partial charge in [0.25, 0.3) is 5.69 Å². The average Bonchev–Trinajstić information content (AvgIpc) is 2.64. The van der Waals surface area contributed by atoms with Gasteiger partial charge in [0, 0.05) is 12.1 Å². The molecular formula is C11H13FN2O3. The lowest BCUT2D eigenvalue weighted by Gasteiger charge is -2.17. The molecule has 17 heavy (non-hydrogen) atoms. The minimum absolute atomic E-state index is 0.126. The largest absolute Gasteiger partial charge is 0.391 e. The molecule has 0 unspecified atom stereocenters. The van der Waals surface area contributed by atoms with Crippen molar-refractivity contribution in [2.45, 2.75) is 31.4 Å². The van der Waals surface area contributed by atoms with E-state index in [1.165, 1.54) is 0 Å². The first-order valence-electron chi connectivity index (χ1n) is 5.46. The summed E-state index contributed by atoms with van der Waals surface area (Å²) in [4.78, 5) is 10.2. The number of rotatable bonds is 3. The summed E-state index contributed by atoms with van der Waals surface area (Å²) in [5.74, 6) is -0.536. The summed E-state index contributed by atoms with van der Waals surface area (Å²) < 4.78 is 13.1. The number of anilines is 1. The van der Waals surface area contributed by atoms with Gasteiger partial charge >= 0.3 is 0 Å². The van der Waals surface area contributed by atoms with E-state index < -0.39 is 16.8 Å². The van der Waals surface area contributed by atoms with Crippen molar-refractivity contribution in [1.29, 1.82) is 0 Å². The highest BCUT2D eigenvalue weighted by atomic mass is 19.1. The summed E-state index contributed by atoms with van der Waals surface area (Å²) in [7, 11) is 0. The fraction of sp³-hybridized carbons (Fsp3) is 0.455. The maximum atomic E-state index is 13.1. The zero-order valence-electron chi connectivity index (χ0n) is 9.10. The van der Waals surface area contributed by atoms with Crippen molar-refractivity contribution in [3.8, 4) is 0 Å². The van der Waals surface area contributed by atoms with Crippen molar-refractivity contribution in [1.82, 2.24) is 0 Å². The van der Waals surface area contributed by atoms with Crippen LogP contribution in [0.4, 0.5) is 15.8 Å². The number of nitrogens with zero attached hydrogens (tertiary/aromatic N) is 1. The van der Waals surface area contributed by atoms with Crippen LogP contribution < -0.4 is 5.32 Å². The highest BCUT2D eigenvalue weighted by molar-refractivity contribution is 5.62. The van der Waals surface area contributed by atoms with Gasteiger partial charge in [0.15, 0.2) is 0 Å². The Kier molecular flexibility index (Phi) is 3.23. The zero-order chi connectivity index (χ0) is 12.4. The molecule has 5 nitrogen and oxygen atoms in total. The molecular weight excluding hydrogens is 227 g/mol. The van der Waals surface area contributed by atoms with Crippen LogP contribution in [0.5, 0.6) is 0 Å². The Morgan fingerprint density at radius 2 is 2.24 bits per heavy atom. The molecule has 1 fully saturated rings.